The van der Waals surface area contributed by atoms with Crippen molar-refractivity contribution in [3.05, 3.63) is 71.1 Å². The second-order valence-corrected chi connectivity index (χ2v) is 6.41. The Morgan fingerprint density at radius 3 is 2.28 bits per heavy atom. The molecule has 0 unspecified atom stereocenters. The van der Waals surface area contributed by atoms with E-state index in [1.54, 1.807) is 5.41 Å². The first-order chi connectivity index (χ1) is 8.66. The molecule has 2 aromatic rings. The number of aryl methyl sites for hydroxylation is 1. The van der Waals surface area contributed by atoms with Crippen molar-refractivity contribution >= 4 is 37.0 Å². The largest absolute Gasteiger partial charge is 0.250 e. The molecule has 1 atom stereocenters. The van der Waals surface area contributed by atoms with Crippen molar-refractivity contribution in [3.63, 3.8) is 0 Å². The van der Waals surface area contributed by atoms with Gasteiger partial charge < -0.3 is 0 Å². The molecule has 0 saturated carbocycles. The zero-order valence-electron chi connectivity index (χ0n) is 9.97. The molecule has 0 saturated heterocycles. The summed E-state index contributed by atoms with van der Waals surface area (Å²) in [4.78, 5) is 0.839. The topological polar surface area (TPSA) is 17.1 Å². The lowest BCUT2D eigenvalue weighted by Crippen LogP contribution is -1.87. The summed E-state index contributed by atoms with van der Waals surface area (Å²) in [7, 11) is -1.09. The standard InChI is InChI=1S/C15H13IOS/c1-12-7-9-14(10-8-12)18(17)11-15(16)13-5-3-2-4-6-13/h2-11H,1H3/b15-11-/t18-/m0/s1. The molecule has 2 rings (SSSR count). The fourth-order valence-corrected chi connectivity index (χ4v) is 3.42. The highest BCUT2D eigenvalue weighted by atomic mass is 127. The molecule has 0 aliphatic carbocycles. The van der Waals surface area contributed by atoms with Crippen LogP contribution in [-0.4, -0.2) is 4.21 Å². The van der Waals surface area contributed by atoms with Gasteiger partial charge in [0.2, 0.25) is 0 Å². The van der Waals surface area contributed by atoms with E-state index in [1.165, 1.54) is 5.56 Å². The van der Waals surface area contributed by atoms with Gasteiger partial charge in [-0.15, -0.1) is 0 Å². The normalized spacial score (nSPS) is 13.3. The Hall–Kier alpha value is -0.940. The minimum atomic E-state index is -1.09. The molecule has 1 nitrogen and oxygen atoms in total. The number of benzene rings is 2. The molecule has 0 amide bonds. The predicted octanol–water partition coefficient (Wildman–Crippen LogP) is 4.54. The first-order valence-electron chi connectivity index (χ1n) is 5.57. The van der Waals surface area contributed by atoms with Crippen LogP contribution in [0.1, 0.15) is 11.1 Å². The van der Waals surface area contributed by atoms with Gasteiger partial charge in [0.15, 0.2) is 0 Å². The van der Waals surface area contributed by atoms with Crippen LogP contribution >= 0.6 is 22.6 Å². The molecule has 0 bridgehead atoms. The second-order valence-electron chi connectivity index (χ2n) is 3.94. The van der Waals surface area contributed by atoms with E-state index in [-0.39, 0.29) is 0 Å². The van der Waals surface area contributed by atoms with Crippen molar-refractivity contribution in [1.82, 2.24) is 0 Å². The van der Waals surface area contributed by atoms with Crippen LogP contribution in [0.15, 0.2) is 64.9 Å². The summed E-state index contributed by atoms with van der Waals surface area (Å²) in [5.41, 5.74) is 2.27. The van der Waals surface area contributed by atoms with Gasteiger partial charge in [-0.1, -0.05) is 48.0 Å². The van der Waals surface area contributed by atoms with Crippen LogP contribution in [0.3, 0.4) is 0 Å². The summed E-state index contributed by atoms with van der Waals surface area (Å²) in [6.45, 7) is 2.02. The third-order valence-electron chi connectivity index (χ3n) is 2.51. The van der Waals surface area contributed by atoms with Crippen LogP contribution in [0, 0.1) is 6.92 Å². The monoisotopic (exact) mass is 368 g/mol. The summed E-state index contributed by atoms with van der Waals surface area (Å²) in [5.74, 6) is 0. The van der Waals surface area contributed by atoms with Crippen molar-refractivity contribution in [2.24, 2.45) is 0 Å². The molecule has 0 spiro atoms. The van der Waals surface area contributed by atoms with E-state index in [0.717, 1.165) is 14.0 Å². The van der Waals surface area contributed by atoms with E-state index >= 15 is 0 Å². The molecule has 2 aromatic carbocycles. The van der Waals surface area contributed by atoms with Gasteiger partial charge >= 0.3 is 0 Å². The Balaban J connectivity index is 2.23. The van der Waals surface area contributed by atoms with E-state index in [9.17, 15) is 4.21 Å². The lowest BCUT2D eigenvalue weighted by Gasteiger charge is -2.01. The van der Waals surface area contributed by atoms with Crippen LogP contribution in [0.25, 0.3) is 3.58 Å². The average Bonchev–Trinajstić information content (AvgIpc) is 2.40. The molecule has 3 heteroatoms. The van der Waals surface area contributed by atoms with Gasteiger partial charge in [-0.25, -0.2) is 4.21 Å². The van der Waals surface area contributed by atoms with Crippen molar-refractivity contribution in [1.29, 1.82) is 0 Å². The number of rotatable bonds is 3. The molecule has 18 heavy (non-hydrogen) atoms. The highest BCUT2D eigenvalue weighted by Crippen LogP contribution is 2.23. The maximum atomic E-state index is 12.2. The SMILES string of the molecule is Cc1ccc([S@@](=O)/C=C(\I)c2ccccc2)cc1. The number of hydrogen-bond donors (Lipinski definition) is 0. The van der Waals surface area contributed by atoms with Gasteiger partial charge in [0.1, 0.15) is 0 Å². The van der Waals surface area contributed by atoms with E-state index in [2.05, 4.69) is 22.6 Å². The molecule has 0 aromatic heterocycles. The summed E-state index contributed by atoms with van der Waals surface area (Å²) in [6, 6.07) is 17.8. The molecule has 0 aliphatic heterocycles. The van der Waals surface area contributed by atoms with E-state index in [1.807, 2.05) is 61.5 Å². The zero-order valence-corrected chi connectivity index (χ0v) is 12.9. The lowest BCUT2D eigenvalue weighted by molar-refractivity contribution is 0.688. The van der Waals surface area contributed by atoms with Crippen molar-refractivity contribution in [3.8, 4) is 0 Å². The predicted molar refractivity (Wildman–Crippen MR) is 86.0 cm³/mol. The minimum absolute atomic E-state index is 0.839. The van der Waals surface area contributed by atoms with Crippen LogP contribution in [-0.2, 0) is 10.8 Å². The van der Waals surface area contributed by atoms with Crippen molar-refractivity contribution in [2.75, 3.05) is 0 Å². The Kier molecular flexibility index (Phi) is 4.72. The van der Waals surface area contributed by atoms with Crippen LogP contribution in [0.4, 0.5) is 0 Å². The van der Waals surface area contributed by atoms with Gasteiger partial charge in [-0.05, 0) is 47.2 Å². The first kappa shape index (κ1) is 13.5. The molecule has 0 radical (unpaired) electrons. The van der Waals surface area contributed by atoms with E-state index in [0.29, 0.717) is 0 Å². The van der Waals surface area contributed by atoms with Gasteiger partial charge in [-0.3, -0.25) is 0 Å². The van der Waals surface area contributed by atoms with E-state index < -0.39 is 10.8 Å². The Bertz CT molecular complexity index is 573. The first-order valence-corrected chi connectivity index (χ1v) is 7.86. The highest BCUT2D eigenvalue weighted by molar-refractivity contribution is 14.1. The van der Waals surface area contributed by atoms with E-state index in [4.69, 9.17) is 0 Å². The zero-order chi connectivity index (χ0) is 13.0. The van der Waals surface area contributed by atoms with Crippen molar-refractivity contribution in [2.45, 2.75) is 11.8 Å². The third kappa shape index (κ3) is 3.53. The van der Waals surface area contributed by atoms with Gasteiger partial charge in [0, 0.05) is 13.9 Å². The van der Waals surface area contributed by atoms with Crippen LogP contribution < -0.4 is 0 Å². The molecular weight excluding hydrogens is 355 g/mol. The minimum Gasteiger partial charge on any atom is -0.250 e. The van der Waals surface area contributed by atoms with Gasteiger partial charge in [0.25, 0.3) is 0 Å². The maximum Gasteiger partial charge on any atom is 0.0786 e. The van der Waals surface area contributed by atoms with Crippen molar-refractivity contribution < 1.29 is 4.21 Å². The number of halogens is 1. The third-order valence-corrected chi connectivity index (χ3v) is 5.06. The number of hydrogen-bond acceptors (Lipinski definition) is 1. The average molecular weight is 368 g/mol. The summed E-state index contributed by atoms with van der Waals surface area (Å²) >= 11 is 2.22. The smallest absolute Gasteiger partial charge is 0.0786 e. The maximum absolute atomic E-state index is 12.2. The Labute approximate surface area is 124 Å². The fraction of sp³-hybridized carbons (Fsp3) is 0.0667. The second kappa shape index (κ2) is 6.29. The van der Waals surface area contributed by atoms with Crippen LogP contribution in [0.5, 0.6) is 0 Å². The van der Waals surface area contributed by atoms with Gasteiger partial charge in [0.05, 0.1) is 10.8 Å². The Morgan fingerprint density at radius 2 is 1.67 bits per heavy atom. The molecular formula is C15H13IOS. The summed E-state index contributed by atoms with van der Waals surface area (Å²) in [6.07, 6.45) is 0. The molecule has 0 N–H and O–H groups in total. The molecule has 0 aliphatic rings. The molecule has 0 heterocycles. The van der Waals surface area contributed by atoms with Crippen LogP contribution in [0.2, 0.25) is 0 Å². The molecule has 0 fully saturated rings. The van der Waals surface area contributed by atoms with Gasteiger partial charge in [-0.2, -0.15) is 0 Å². The quantitative estimate of drug-likeness (QED) is 0.728. The Morgan fingerprint density at radius 1 is 1.06 bits per heavy atom. The summed E-state index contributed by atoms with van der Waals surface area (Å²) < 4.78 is 13.2. The lowest BCUT2D eigenvalue weighted by atomic mass is 10.2. The molecule has 92 valence electrons. The highest BCUT2D eigenvalue weighted by Gasteiger charge is 2.03. The summed E-state index contributed by atoms with van der Waals surface area (Å²) in [5, 5.41) is 1.79. The fourth-order valence-electron chi connectivity index (χ4n) is 1.50.